The molecule has 4 rings (SSSR count). The van der Waals surface area contributed by atoms with Crippen molar-refractivity contribution in [1.29, 1.82) is 0 Å². The second kappa shape index (κ2) is 5.98. The van der Waals surface area contributed by atoms with Gasteiger partial charge in [-0.05, 0) is 40.8 Å². The van der Waals surface area contributed by atoms with Gasteiger partial charge in [0.15, 0.2) is 0 Å². The predicted molar refractivity (Wildman–Crippen MR) is 97.8 cm³/mol. The van der Waals surface area contributed by atoms with Gasteiger partial charge >= 0.3 is 5.97 Å². The first kappa shape index (κ1) is 14.7. The number of fused-ring (bicyclic) bond motifs is 1. The van der Waals surface area contributed by atoms with Gasteiger partial charge in [0.05, 0.1) is 0 Å². The number of carboxylic acids is 1. The lowest BCUT2D eigenvalue weighted by Gasteiger charge is -2.09. The quantitative estimate of drug-likeness (QED) is 0.563. The van der Waals surface area contributed by atoms with Crippen molar-refractivity contribution in [2.45, 2.75) is 6.54 Å². The minimum absolute atomic E-state index is 0.317. The number of nitrogens with zero attached hydrogens (tertiary/aromatic N) is 1. The van der Waals surface area contributed by atoms with Crippen LogP contribution in [0.1, 0.15) is 16.1 Å². The first-order valence-electron chi connectivity index (χ1n) is 7.67. The number of thiophene rings is 1. The summed E-state index contributed by atoms with van der Waals surface area (Å²) in [6.07, 6.45) is 0. The Labute approximate surface area is 143 Å². The zero-order valence-electron chi connectivity index (χ0n) is 12.8. The average molecular weight is 333 g/mol. The molecule has 0 aliphatic rings. The Morgan fingerprint density at radius 3 is 2.54 bits per heavy atom. The summed E-state index contributed by atoms with van der Waals surface area (Å²) in [4.78, 5) is 12.9. The van der Waals surface area contributed by atoms with Gasteiger partial charge in [-0.15, -0.1) is 11.3 Å². The van der Waals surface area contributed by atoms with Crippen molar-refractivity contribution in [3.63, 3.8) is 0 Å². The van der Waals surface area contributed by atoms with E-state index in [-0.39, 0.29) is 0 Å². The lowest BCUT2D eigenvalue weighted by molar-refractivity contribution is 0.0686. The third kappa shape index (κ3) is 2.61. The average Bonchev–Trinajstić information content (AvgIpc) is 3.24. The smallest absolute Gasteiger partial charge is 0.352 e. The number of carboxylic acid groups (broad SMARTS) is 1. The van der Waals surface area contributed by atoms with Crippen LogP contribution in [0.4, 0.5) is 0 Å². The minimum Gasteiger partial charge on any atom is -0.477 e. The fourth-order valence-corrected chi connectivity index (χ4v) is 3.70. The van der Waals surface area contributed by atoms with Gasteiger partial charge in [-0.3, -0.25) is 0 Å². The Morgan fingerprint density at radius 1 is 1.00 bits per heavy atom. The summed E-state index contributed by atoms with van der Waals surface area (Å²) >= 11 is 1.68. The van der Waals surface area contributed by atoms with E-state index in [1.807, 2.05) is 52.4 Å². The molecule has 0 spiro atoms. The van der Waals surface area contributed by atoms with E-state index in [9.17, 15) is 9.90 Å². The van der Waals surface area contributed by atoms with E-state index in [4.69, 9.17) is 0 Å². The Balaban J connectivity index is 1.85. The second-order valence-corrected chi connectivity index (χ2v) is 6.61. The molecule has 0 bridgehead atoms. The maximum absolute atomic E-state index is 11.7. The molecule has 0 saturated heterocycles. The fraction of sp³-hybridized carbons (Fsp3) is 0.0500. The molecular formula is C20H15NO2S. The van der Waals surface area contributed by atoms with Gasteiger partial charge in [0.2, 0.25) is 0 Å². The topological polar surface area (TPSA) is 42.2 Å². The van der Waals surface area contributed by atoms with E-state index < -0.39 is 5.97 Å². The van der Waals surface area contributed by atoms with Gasteiger partial charge < -0.3 is 9.67 Å². The summed E-state index contributed by atoms with van der Waals surface area (Å²) < 4.78 is 1.87. The SMILES string of the molecule is O=C(O)c1cc2cc(-c3cccs3)ccc2n1Cc1ccccc1. The highest BCUT2D eigenvalue weighted by Gasteiger charge is 2.15. The highest BCUT2D eigenvalue weighted by atomic mass is 32.1. The molecule has 0 unspecified atom stereocenters. The molecule has 0 aliphatic carbocycles. The second-order valence-electron chi connectivity index (χ2n) is 5.66. The number of hydrogen-bond donors (Lipinski definition) is 1. The molecule has 0 saturated carbocycles. The summed E-state index contributed by atoms with van der Waals surface area (Å²) in [5.74, 6) is -0.903. The van der Waals surface area contributed by atoms with Gasteiger partial charge in [-0.1, -0.05) is 42.5 Å². The summed E-state index contributed by atoms with van der Waals surface area (Å²) in [5, 5.41) is 12.6. The van der Waals surface area contributed by atoms with Crippen LogP contribution in [0.15, 0.2) is 72.1 Å². The molecule has 0 fully saturated rings. The van der Waals surface area contributed by atoms with E-state index in [2.05, 4.69) is 18.2 Å². The fourth-order valence-electron chi connectivity index (χ4n) is 2.98. The molecule has 0 amide bonds. The van der Waals surface area contributed by atoms with Gasteiger partial charge in [0.1, 0.15) is 5.69 Å². The summed E-state index contributed by atoms with van der Waals surface area (Å²) in [7, 11) is 0. The van der Waals surface area contributed by atoms with Crippen LogP contribution in [0.25, 0.3) is 21.3 Å². The zero-order valence-corrected chi connectivity index (χ0v) is 13.7. The lowest BCUT2D eigenvalue weighted by atomic mass is 10.1. The van der Waals surface area contributed by atoms with Crippen molar-refractivity contribution in [3.8, 4) is 10.4 Å². The third-order valence-corrected chi connectivity index (χ3v) is 5.03. The standard InChI is InChI=1S/C20H15NO2S/c22-20(23)18-12-16-11-15(19-7-4-10-24-19)8-9-17(16)21(18)13-14-5-2-1-3-6-14/h1-12H,13H2,(H,22,23). The molecule has 4 aromatic rings. The highest BCUT2D eigenvalue weighted by molar-refractivity contribution is 7.13. The van der Waals surface area contributed by atoms with E-state index in [0.717, 1.165) is 22.0 Å². The van der Waals surface area contributed by atoms with Crippen LogP contribution >= 0.6 is 11.3 Å². The van der Waals surface area contributed by atoms with Crippen LogP contribution in [0.5, 0.6) is 0 Å². The Bertz CT molecular complexity index is 1000. The van der Waals surface area contributed by atoms with Crippen LogP contribution in [-0.4, -0.2) is 15.6 Å². The molecule has 24 heavy (non-hydrogen) atoms. The molecule has 2 aromatic heterocycles. The molecule has 1 N–H and O–H groups in total. The van der Waals surface area contributed by atoms with Crippen molar-refractivity contribution in [2.24, 2.45) is 0 Å². The number of aromatic carboxylic acids is 1. The molecule has 0 aliphatic heterocycles. The lowest BCUT2D eigenvalue weighted by Crippen LogP contribution is -2.09. The molecule has 2 aromatic carbocycles. The Kier molecular flexibility index (Phi) is 3.67. The first-order chi connectivity index (χ1) is 11.7. The molecule has 4 heteroatoms. The molecule has 0 radical (unpaired) electrons. The van der Waals surface area contributed by atoms with Crippen LogP contribution in [-0.2, 0) is 6.54 Å². The maximum atomic E-state index is 11.7. The van der Waals surface area contributed by atoms with Crippen molar-refractivity contribution in [1.82, 2.24) is 4.57 Å². The number of carbonyl (C=O) groups is 1. The molecule has 2 heterocycles. The Hall–Kier alpha value is -2.85. The van der Waals surface area contributed by atoms with Crippen molar-refractivity contribution in [2.75, 3.05) is 0 Å². The predicted octanol–water partition coefficient (Wildman–Crippen LogP) is 5.12. The maximum Gasteiger partial charge on any atom is 0.352 e. The molecule has 118 valence electrons. The Morgan fingerprint density at radius 2 is 1.83 bits per heavy atom. The van der Waals surface area contributed by atoms with Crippen LogP contribution < -0.4 is 0 Å². The van der Waals surface area contributed by atoms with Crippen LogP contribution in [0.3, 0.4) is 0 Å². The monoisotopic (exact) mass is 333 g/mol. The summed E-state index contributed by atoms with van der Waals surface area (Å²) in [6, 6.07) is 21.9. The van der Waals surface area contributed by atoms with Crippen molar-refractivity contribution >= 4 is 28.2 Å². The summed E-state index contributed by atoms with van der Waals surface area (Å²) in [6.45, 7) is 0.546. The largest absolute Gasteiger partial charge is 0.477 e. The van der Waals surface area contributed by atoms with Gasteiger partial charge in [-0.25, -0.2) is 4.79 Å². The summed E-state index contributed by atoms with van der Waals surface area (Å²) in [5.41, 5.74) is 3.46. The van der Waals surface area contributed by atoms with E-state index in [1.165, 1.54) is 4.88 Å². The normalized spacial score (nSPS) is 11.0. The van der Waals surface area contributed by atoms with E-state index in [0.29, 0.717) is 12.2 Å². The zero-order chi connectivity index (χ0) is 16.5. The van der Waals surface area contributed by atoms with Crippen molar-refractivity contribution < 1.29 is 9.90 Å². The molecule has 3 nitrogen and oxygen atoms in total. The van der Waals surface area contributed by atoms with Crippen LogP contribution in [0.2, 0.25) is 0 Å². The van der Waals surface area contributed by atoms with Crippen molar-refractivity contribution in [3.05, 3.63) is 83.4 Å². The molecular weight excluding hydrogens is 318 g/mol. The van der Waals surface area contributed by atoms with E-state index in [1.54, 1.807) is 17.4 Å². The number of hydrogen-bond acceptors (Lipinski definition) is 2. The van der Waals surface area contributed by atoms with Crippen LogP contribution in [0, 0.1) is 0 Å². The third-order valence-electron chi connectivity index (χ3n) is 4.11. The molecule has 0 atom stereocenters. The van der Waals surface area contributed by atoms with Gasteiger partial charge in [0.25, 0.3) is 0 Å². The minimum atomic E-state index is -0.903. The van der Waals surface area contributed by atoms with Gasteiger partial charge in [0, 0.05) is 22.3 Å². The highest BCUT2D eigenvalue weighted by Crippen LogP contribution is 2.30. The first-order valence-corrected chi connectivity index (χ1v) is 8.55. The van der Waals surface area contributed by atoms with E-state index >= 15 is 0 Å². The van der Waals surface area contributed by atoms with Gasteiger partial charge in [-0.2, -0.15) is 0 Å². The number of benzene rings is 2. The number of rotatable bonds is 4. The number of aromatic nitrogens is 1.